The lowest BCUT2D eigenvalue weighted by Crippen LogP contribution is -2.43. The van der Waals surface area contributed by atoms with Crippen LogP contribution in [0.1, 0.15) is 12.5 Å². The highest BCUT2D eigenvalue weighted by molar-refractivity contribution is 6.30. The predicted octanol–water partition coefficient (Wildman–Crippen LogP) is 3.27. The van der Waals surface area contributed by atoms with Gasteiger partial charge in [-0.05, 0) is 48.9 Å². The SMILES string of the molecule is CC(NC(=O)NCc1cccc(Cl)c1)Oc1ccc(O)cc1. The van der Waals surface area contributed by atoms with E-state index in [1.807, 2.05) is 12.1 Å². The third-order valence-corrected chi connectivity index (χ3v) is 3.06. The van der Waals surface area contributed by atoms with Crippen molar-refractivity contribution in [1.82, 2.24) is 10.6 Å². The number of rotatable bonds is 5. The number of hydrogen-bond donors (Lipinski definition) is 3. The average molecular weight is 321 g/mol. The number of phenols is 1. The van der Waals surface area contributed by atoms with Crippen molar-refractivity contribution in [2.24, 2.45) is 0 Å². The van der Waals surface area contributed by atoms with E-state index >= 15 is 0 Å². The summed E-state index contributed by atoms with van der Waals surface area (Å²) in [6, 6.07) is 13.2. The van der Waals surface area contributed by atoms with Crippen molar-refractivity contribution in [3.8, 4) is 11.5 Å². The summed E-state index contributed by atoms with van der Waals surface area (Å²) in [6.45, 7) is 2.09. The summed E-state index contributed by atoms with van der Waals surface area (Å²) < 4.78 is 5.51. The van der Waals surface area contributed by atoms with Gasteiger partial charge >= 0.3 is 6.03 Å². The van der Waals surface area contributed by atoms with Gasteiger partial charge in [0.15, 0.2) is 6.23 Å². The topological polar surface area (TPSA) is 70.6 Å². The molecule has 0 saturated carbocycles. The van der Waals surface area contributed by atoms with Crippen LogP contribution in [0.5, 0.6) is 11.5 Å². The quantitative estimate of drug-likeness (QED) is 0.740. The van der Waals surface area contributed by atoms with Crippen molar-refractivity contribution in [2.75, 3.05) is 0 Å². The van der Waals surface area contributed by atoms with Crippen LogP contribution in [0.25, 0.3) is 0 Å². The second-order valence-corrected chi connectivity index (χ2v) is 5.15. The van der Waals surface area contributed by atoms with E-state index in [1.54, 1.807) is 31.2 Å². The lowest BCUT2D eigenvalue weighted by molar-refractivity contribution is 0.177. The summed E-state index contributed by atoms with van der Waals surface area (Å²) in [5.74, 6) is 0.715. The Morgan fingerprint density at radius 2 is 2.00 bits per heavy atom. The van der Waals surface area contributed by atoms with Crippen LogP contribution in [-0.4, -0.2) is 17.4 Å². The minimum absolute atomic E-state index is 0.159. The molecule has 0 bridgehead atoms. The molecular weight excluding hydrogens is 304 g/mol. The monoisotopic (exact) mass is 320 g/mol. The van der Waals surface area contributed by atoms with Crippen molar-refractivity contribution in [2.45, 2.75) is 19.7 Å². The van der Waals surface area contributed by atoms with Crippen molar-refractivity contribution < 1.29 is 14.6 Å². The second kappa shape index (κ2) is 7.56. The molecule has 1 atom stereocenters. The zero-order valence-corrected chi connectivity index (χ0v) is 12.8. The third-order valence-electron chi connectivity index (χ3n) is 2.83. The van der Waals surface area contributed by atoms with Crippen LogP contribution in [0, 0.1) is 0 Å². The number of carbonyl (C=O) groups excluding carboxylic acids is 1. The Bertz CT molecular complexity index is 632. The van der Waals surface area contributed by atoms with Gasteiger partial charge in [0.1, 0.15) is 11.5 Å². The van der Waals surface area contributed by atoms with Gasteiger partial charge in [0, 0.05) is 11.6 Å². The maximum Gasteiger partial charge on any atom is 0.317 e. The van der Waals surface area contributed by atoms with Gasteiger partial charge in [-0.3, -0.25) is 0 Å². The van der Waals surface area contributed by atoms with Crippen molar-refractivity contribution in [1.29, 1.82) is 0 Å². The molecule has 3 N–H and O–H groups in total. The number of nitrogens with one attached hydrogen (secondary N) is 2. The van der Waals surface area contributed by atoms with Crippen LogP contribution in [0.4, 0.5) is 4.79 Å². The van der Waals surface area contributed by atoms with Gasteiger partial charge in [-0.25, -0.2) is 4.79 Å². The van der Waals surface area contributed by atoms with Crippen LogP contribution in [0.3, 0.4) is 0 Å². The molecule has 116 valence electrons. The first-order valence-electron chi connectivity index (χ1n) is 6.77. The fraction of sp³-hybridized carbons (Fsp3) is 0.188. The molecule has 2 rings (SSSR count). The van der Waals surface area contributed by atoms with Crippen LogP contribution < -0.4 is 15.4 Å². The number of phenolic OH excluding ortho intramolecular Hbond substituents is 1. The fourth-order valence-corrected chi connectivity index (χ4v) is 2.04. The molecule has 0 saturated heterocycles. The van der Waals surface area contributed by atoms with E-state index in [2.05, 4.69) is 10.6 Å². The van der Waals surface area contributed by atoms with Crippen LogP contribution >= 0.6 is 11.6 Å². The number of carbonyl (C=O) groups is 1. The fourth-order valence-electron chi connectivity index (χ4n) is 1.82. The van der Waals surface area contributed by atoms with Gasteiger partial charge in [-0.15, -0.1) is 0 Å². The molecule has 0 aliphatic heterocycles. The largest absolute Gasteiger partial charge is 0.508 e. The average Bonchev–Trinajstić information content (AvgIpc) is 2.47. The smallest absolute Gasteiger partial charge is 0.317 e. The summed E-state index contributed by atoms with van der Waals surface area (Å²) in [5.41, 5.74) is 0.912. The highest BCUT2D eigenvalue weighted by atomic mass is 35.5. The van der Waals surface area contributed by atoms with E-state index in [9.17, 15) is 9.90 Å². The highest BCUT2D eigenvalue weighted by Gasteiger charge is 2.08. The Balaban J connectivity index is 1.77. The van der Waals surface area contributed by atoms with Crippen molar-refractivity contribution in [3.63, 3.8) is 0 Å². The third kappa shape index (κ3) is 5.18. The summed E-state index contributed by atoms with van der Waals surface area (Å²) in [6.07, 6.45) is -0.510. The van der Waals surface area contributed by atoms with Gasteiger partial charge in [-0.2, -0.15) is 0 Å². The van der Waals surface area contributed by atoms with Crippen molar-refractivity contribution >= 4 is 17.6 Å². The summed E-state index contributed by atoms with van der Waals surface area (Å²) in [4.78, 5) is 11.8. The minimum atomic E-state index is -0.510. The van der Waals surface area contributed by atoms with Crippen molar-refractivity contribution in [3.05, 3.63) is 59.1 Å². The van der Waals surface area contributed by atoms with E-state index in [1.165, 1.54) is 12.1 Å². The Morgan fingerprint density at radius 1 is 1.27 bits per heavy atom. The maximum atomic E-state index is 11.8. The molecule has 5 nitrogen and oxygen atoms in total. The first-order valence-corrected chi connectivity index (χ1v) is 7.15. The first-order chi connectivity index (χ1) is 10.5. The molecule has 1 unspecified atom stereocenters. The summed E-state index contributed by atoms with van der Waals surface area (Å²) in [5, 5.41) is 15.2. The molecule has 6 heteroatoms. The second-order valence-electron chi connectivity index (χ2n) is 4.71. The van der Waals surface area contributed by atoms with Gasteiger partial charge in [0.2, 0.25) is 0 Å². The van der Waals surface area contributed by atoms with Crippen LogP contribution in [-0.2, 0) is 6.54 Å². The van der Waals surface area contributed by atoms with Crippen LogP contribution in [0.2, 0.25) is 5.02 Å². The summed E-state index contributed by atoms with van der Waals surface area (Å²) in [7, 11) is 0. The first kappa shape index (κ1) is 16.0. The molecule has 0 heterocycles. The minimum Gasteiger partial charge on any atom is -0.508 e. The molecule has 2 aromatic carbocycles. The maximum absolute atomic E-state index is 11.8. The van der Waals surface area contributed by atoms with Gasteiger partial charge in [0.25, 0.3) is 0 Å². The Labute approximate surface area is 133 Å². The lowest BCUT2D eigenvalue weighted by atomic mass is 10.2. The number of amides is 2. The lowest BCUT2D eigenvalue weighted by Gasteiger charge is -2.16. The zero-order chi connectivity index (χ0) is 15.9. The number of urea groups is 1. The molecule has 0 fully saturated rings. The molecule has 0 radical (unpaired) electrons. The predicted molar refractivity (Wildman–Crippen MR) is 85.0 cm³/mol. The Hall–Kier alpha value is -2.40. The molecule has 0 aliphatic rings. The van der Waals surface area contributed by atoms with E-state index in [-0.39, 0.29) is 11.8 Å². The summed E-state index contributed by atoms with van der Waals surface area (Å²) >= 11 is 5.88. The number of hydrogen-bond acceptors (Lipinski definition) is 3. The normalized spacial score (nSPS) is 11.5. The standard InChI is InChI=1S/C16H17ClN2O3/c1-11(22-15-7-5-14(20)6-8-15)19-16(21)18-10-12-3-2-4-13(17)9-12/h2-9,11,20H,10H2,1H3,(H2,18,19,21). The molecule has 2 aromatic rings. The zero-order valence-electron chi connectivity index (χ0n) is 12.0. The van der Waals surface area contributed by atoms with Gasteiger partial charge in [0.05, 0.1) is 0 Å². The molecular formula is C16H17ClN2O3. The van der Waals surface area contributed by atoms with Gasteiger partial charge < -0.3 is 20.5 Å². The van der Waals surface area contributed by atoms with E-state index < -0.39 is 6.23 Å². The van der Waals surface area contributed by atoms with E-state index in [4.69, 9.17) is 16.3 Å². The number of ether oxygens (including phenoxy) is 1. The molecule has 0 aromatic heterocycles. The molecule has 2 amide bonds. The molecule has 22 heavy (non-hydrogen) atoms. The Kier molecular flexibility index (Phi) is 5.49. The van der Waals surface area contributed by atoms with Gasteiger partial charge in [-0.1, -0.05) is 23.7 Å². The number of aromatic hydroxyl groups is 1. The van der Waals surface area contributed by atoms with Crippen LogP contribution in [0.15, 0.2) is 48.5 Å². The number of halogens is 1. The molecule has 0 aliphatic carbocycles. The van der Waals surface area contributed by atoms with E-state index in [0.717, 1.165) is 5.56 Å². The Morgan fingerprint density at radius 3 is 2.68 bits per heavy atom. The van der Waals surface area contributed by atoms with E-state index in [0.29, 0.717) is 17.3 Å². The molecule has 0 spiro atoms. The number of benzene rings is 2. The highest BCUT2D eigenvalue weighted by Crippen LogP contribution is 2.16.